The van der Waals surface area contributed by atoms with E-state index in [0.29, 0.717) is 0 Å². The zero-order valence-electron chi connectivity index (χ0n) is 13.0. The maximum absolute atomic E-state index is 10.8. The monoisotopic (exact) mass is 281 g/mol. The number of rotatable bonds is 5. The van der Waals surface area contributed by atoms with Crippen molar-refractivity contribution in [2.45, 2.75) is 13.0 Å². The molecule has 1 N–H and O–H groups in total. The van der Waals surface area contributed by atoms with Crippen molar-refractivity contribution in [1.82, 2.24) is 4.90 Å². The summed E-state index contributed by atoms with van der Waals surface area (Å²) in [5.41, 5.74) is 4.09. The number of aryl methyl sites for hydroxylation is 1. The van der Waals surface area contributed by atoms with Crippen molar-refractivity contribution >= 4 is 5.57 Å². The average molecular weight is 281 g/mol. The molecule has 0 heterocycles. The highest BCUT2D eigenvalue weighted by Gasteiger charge is 2.16. The molecule has 0 aliphatic rings. The molecule has 0 aromatic heterocycles. The minimum Gasteiger partial charge on any atom is -0.384 e. The Morgan fingerprint density at radius 3 is 2.29 bits per heavy atom. The lowest BCUT2D eigenvalue weighted by Gasteiger charge is -2.19. The Labute approximate surface area is 127 Å². The smallest absolute Gasteiger partial charge is 0.105 e. The topological polar surface area (TPSA) is 23.5 Å². The van der Waals surface area contributed by atoms with Gasteiger partial charge >= 0.3 is 0 Å². The van der Waals surface area contributed by atoms with Crippen molar-refractivity contribution in [3.8, 4) is 0 Å². The summed E-state index contributed by atoms with van der Waals surface area (Å²) >= 11 is 0. The molecule has 2 aromatic rings. The highest BCUT2D eigenvalue weighted by atomic mass is 16.3. The van der Waals surface area contributed by atoms with Crippen LogP contribution in [0.15, 0.2) is 60.7 Å². The van der Waals surface area contributed by atoms with Gasteiger partial charge in [-0.1, -0.05) is 60.7 Å². The fourth-order valence-electron chi connectivity index (χ4n) is 2.36. The van der Waals surface area contributed by atoms with Crippen LogP contribution in [-0.2, 0) is 0 Å². The van der Waals surface area contributed by atoms with Crippen LogP contribution in [0.5, 0.6) is 0 Å². The molecule has 0 spiro atoms. The summed E-state index contributed by atoms with van der Waals surface area (Å²) < 4.78 is 0. The highest BCUT2D eigenvalue weighted by molar-refractivity contribution is 5.70. The van der Waals surface area contributed by atoms with Gasteiger partial charge in [0.25, 0.3) is 0 Å². The SMILES string of the molecule is Cc1ccccc1C(O)C(=CCN(C)C)c1ccccc1. The van der Waals surface area contributed by atoms with Crippen LogP contribution in [-0.4, -0.2) is 30.6 Å². The molecule has 0 aliphatic carbocycles. The summed E-state index contributed by atoms with van der Waals surface area (Å²) in [6.07, 6.45) is 1.50. The molecular formula is C19H23NO. The van der Waals surface area contributed by atoms with Gasteiger partial charge in [0.05, 0.1) is 0 Å². The van der Waals surface area contributed by atoms with E-state index < -0.39 is 6.10 Å². The number of aliphatic hydroxyl groups is 1. The van der Waals surface area contributed by atoms with Gasteiger partial charge < -0.3 is 10.0 Å². The molecule has 2 heteroatoms. The molecule has 0 saturated carbocycles. The van der Waals surface area contributed by atoms with E-state index in [1.807, 2.05) is 75.6 Å². The largest absolute Gasteiger partial charge is 0.384 e. The van der Waals surface area contributed by atoms with Gasteiger partial charge in [-0.15, -0.1) is 0 Å². The third-order valence-electron chi connectivity index (χ3n) is 3.56. The maximum atomic E-state index is 10.8. The number of benzene rings is 2. The molecule has 1 atom stereocenters. The first-order valence-electron chi connectivity index (χ1n) is 7.23. The molecular weight excluding hydrogens is 258 g/mol. The van der Waals surface area contributed by atoms with Crippen LogP contribution in [0.3, 0.4) is 0 Å². The molecule has 2 rings (SSSR count). The van der Waals surface area contributed by atoms with Gasteiger partial charge in [-0.25, -0.2) is 0 Å². The second kappa shape index (κ2) is 7.21. The van der Waals surface area contributed by atoms with Gasteiger partial charge in [-0.05, 0) is 43.3 Å². The lowest BCUT2D eigenvalue weighted by Crippen LogP contribution is -2.12. The lowest BCUT2D eigenvalue weighted by atomic mass is 9.92. The second-order valence-corrected chi connectivity index (χ2v) is 5.55. The fraction of sp³-hybridized carbons (Fsp3) is 0.263. The van der Waals surface area contributed by atoms with Crippen LogP contribution in [0.4, 0.5) is 0 Å². The molecule has 2 nitrogen and oxygen atoms in total. The van der Waals surface area contributed by atoms with E-state index in [1.54, 1.807) is 0 Å². The number of likely N-dealkylation sites (N-methyl/N-ethyl adjacent to an activating group) is 1. The molecule has 21 heavy (non-hydrogen) atoms. The Balaban J connectivity index is 2.40. The molecule has 0 bridgehead atoms. The number of nitrogens with zero attached hydrogens (tertiary/aromatic N) is 1. The van der Waals surface area contributed by atoms with Crippen LogP contribution in [0.1, 0.15) is 22.8 Å². The molecule has 0 fully saturated rings. The molecule has 0 radical (unpaired) electrons. The molecule has 0 aliphatic heterocycles. The Hall–Kier alpha value is -1.90. The van der Waals surface area contributed by atoms with E-state index in [2.05, 4.69) is 11.0 Å². The van der Waals surface area contributed by atoms with Crippen LogP contribution in [0.2, 0.25) is 0 Å². The van der Waals surface area contributed by atoms with Gasteiger partial charge in [-0.3, -0.25) is 0 Å². The minimum atomic E-state index is -0.603. The van der Waals surface area contributed by atoms with Gasteiger partial charge in [0.2, 0.25) is 0 Å². The predicted octanol–water partition coefficient (Wildman–Crippen LogP) is 3.67. The zero-order valence-corrected chi connectivity index (χ0v) is 13.0. The molecule has 0 amide bonds. The summed E-state index contributed by atoms with van der Waals surface area (Å²) in [6, 6.07) is 18.1. The van der Waals surface area contributed by atoms with Gasteiger partial charge in [0, 0.05) is 6.54 Å². The molecule has 2 aromatic carbocycles. The summed E-state index contributed by atoms with van der Waals surface area (Å²) in [5.74, 6) is 0. The van der Waals surface area contributed by atoms with E-state index in [9.17, 15) is 5.11 Å². The third-order valence-corrected chi connectivity index (χ3v) is 3.56. The van der Waals surface area contributed by atoms with Crippen molar-refractivity contribution in [3.63, 3.8) is 0 Å². The predicted molar refractivity (Wildman–Crippen MR) is 89.1 cm³/mol. The summed E-state index contributed by atoms with van der Waals surface area (Å²) in [6.45, 7) is 2.83. The summed E-state index contributed by atoms with van der Waals surface area (Å²) in [5, 5.41) is 10.8. The first kappa shape index (κ1) is 15.5. The van der Waals surface area contributed by atoms with Gasteiger partial charge in [0.15, 0.2) is 0 Å². The zero-order chi connectivity index (χ0) is 15.2. The van der Waals surface area contributed by atoms with E-state index in [1.165, 1.54) is 0 Å². The van der Waals surface area contributed by atoms with Crippen molar-refractivity contribution in [3.05, 3.63) is 77.4 Å². The van der Waals surface area contributed by atoms with E-state index in [0.717, 1.165) is 28.8 Å². The summed E-state index contributed by atoms with van der Waals surface area (Å²) in [4.78, 5) is 2.09. The van der Waals surface area contributed by atoms with Gasteiger partial charge in [0.1, 0.15) is 6.10 Å². The van der Waals surface area contributed by atoms with E-state index in [4.69, 9.17) is 0 Å². The van der Waals surface area contributed by atoms with Gasteiger partial charge in [-0.2, -0.15) is 0 Å². The number of hydrogen-bond acceptors (Lipinski definition) is 2. The fourth-order valence-corrected chi connectivity index (χ4v) is 2.36. The number of hydrogen-bond donors (Lipinski definition) is 1. The minimum absolute atomic E-state index is 0.603. The lowest BCUT2D eigenvalue weighted by molar-refractivity contribution is 0.237. The van der Waals surface area contributed by atoms with Crippen LogP contribution >= 0.6 is 0 Å². The molecule has 1 unspecified atom stereocenters. The van der Waals surface area contributed by atoms with E-state index >= 15 is 0 Å². The van der Waals surface area contributed by atoms with Crippen LogP contribution in [0, 0.1) is 6.92 Å². The standard InChI is InChI=1S/C19H23NO/c1-15-9-7-8-12-17(15)19(21)18(13-14-20(2)3)16-10-5-4-6-11-16/h4-13,19,21H,14H2,1-3H3. The summed E-state index contributed by atoms with van der Waals surface area (Å²) in [7, 11) is 4.05. The first-order valence-corrected chi connectivity index (χ1v) is 7.23. The highest BCUT2D eigenvalue weighted by Crippen LogP contribution is 2.31. The first-order chi connectivity index (χ1) is 10.1. The molecule has 0 saturated heterocycles. The van der Waals surface area contributed by atoms with Crippen molar-refractivity contribution in [1.29, 1.82) is 0 Å². The molecule has 110 valence electrons. The van der Waals surface area contributed by atoms with E-state index in [-0.39, 0.29) is 0 Å². The van der Waals surface area contributed by atoms with Crippen molar-refractivity contribution in [2.75, 3.05) is 20.6 Å². The third kappa shape index (κ3) is 4.03. The Morgan fingerprint density at radius 1 is 1.05 bits per heavy atom. The second-order valence-electron chi connectivity index (χ2n) is 5.55. The van der Waals surface area contributed by atoms with Crippen molar-refractivity contribution < 1.29 is 5.11 Å². The Morgan fingerprint density at radius 2 is 1.67 bits per heavy atom. The van der Waals surface area contributed by atoms with Crippen LogP contribution in [0.25, 0.3) is 5.57 Å². The van der Waals surface area contributed by atoms with Crippen molar-refractivity contribution in [2.24, 2.45) is 0 Å². The normalized spacial score (nSPS) is 13.5. The Kier molecular flexibility index (Phi) is 5.32. The Bertz CT molecular complexity index is 602. The average Bonchev–Trinajstić information content (AvgIpc) is 2.48. The number of aliphatic hydroxyl groups excluding tert-OH is 1. The maximum Gasteiger partial charge on any atom is 0.105 e. The van der Waals surface area contributed by atoms with Crippen LogP contribution < -0.4 is 0 Å². The quantitative estimate of drug-likeness (QED) is 0.904.